The number of hydrogen-bond donors (Lipinski definition) is 0. The highest BCUT2D eigenvalue weighted by atomic mass is 35.5. The first-order chi connectivity index (χ1) is 7.95. The number of carbonyl (C=O) groups excluding carboxylic acids is 1. The molecule has 5 nitrogen and oxygen atoms in total. The zero-order chi connectivity index (χ0) is 13.0. The van der Waals surface area contributed by atoms with Crippen molar-refractivity contribution in [3.05, 3.63) is 38.4 Å². The van der Waals surface area contributed by atoms with Gasteiger partial charge in [-0.3, -0.25) is 14.9 Å². The number of nitro groups is 1. The maximum absolute atomic E-state index is 11.3. The summed E-state index contributed by atoms with van der Waals surface area (Å²) in [6.07, 6.45) is -0.149. The van der Waals surface area contributed by atoms with Crippen LogP contribution >= 0.6 is 11.6 Å². The van der Waals surface area contributed by atoms with Gasteiger partial charge in [-0.1, -0.05) is 11.6 Å². The van der Waals surface area contributed by atoms with Gasteiger partial charge in [-0.2, -0.15) is 0 Å². The first-order valence-corrected chi connectivity index (χ1v) is 5.42. The molecule has 0 N–H and O–H groups in total. The molecule has 0 fully saturated rings. The summed E-state index contributed by atoms with van der Waals surface area (Å²) < 4.78 is 4.75. The maximum atomic E-state index is 11.3. The molecule has 0 aromatic heterocycles. The molecule has 1 rings (SSSR count). The lowest BCUT2D eigenvalue weighted by Crippen LogP contribution is -2.09. The third kappa shape index (κ3) is 3.42. The minimum atomic E-state index is -0.530. The van der Waals surface area contributed by atoms with Crippen molar-refractivity contribution >= 4 is 23.3 Å². The van der Waals surface area contributed by atoms with Gasteiger partial charge in [-0.15, -0.1) is 0 Å². The molecule has 0 radical (unpaired) electrons. The Morgan fingerprint density at radius 2 is 2.18 bits per heavy atom. The molecule has 0 bridgehead atoms. The molecule has 0 atom stereocenters. The third-order valence-corrected chi connectivity index (χ3v) is 2.60. The lowest BCUT2D eigenvalue weighted by atomic mass is 10.1. The molecule has 0 aliphatic rings. The van der Waals surface area contributed by atoms with E-state index >= 15 is 0 Å². The predicted octanol–water partition coefficient (Wildman–Crippen LogP) is 2.66. The molecule has 0 unspecified atom stereocenters. The van der Waals surface area contributed by atoms with E-state index in [1.54, 1.807) is 13.8 Å². The lowest BCUT2D eigenvalue weighted by molar-refractivity contribution is -0.385. The fraction of sp³-hybridized carbons (Fsp3) is 0.364. The highest BCUT2D eigenvalue weighted by Crippen LogP contribution is 2.27. The average molecular weight is 258 g/mol. The van der Waals surface area contributed by atoms with Gasteiger partial charge < -0.3 is 4.74 Å². The van der Waals surface area contributed by atoms with Crippen molar-refractivity contribution < 1.29 is 14.5 Å². The van der Waals surface area contributed by atoms with Crippen molar-refractivity contribution in [3.63, 3.8) is 0 Å². The molecule has 17 heavy (non-hydrogen) atoms. The summed E-state index contributed by atoms with van der Waals surface area (Å²) in [6.45, 7) is 3.59. The van der Waals surface area contributed by atoms with Crippen LogP contribution in [0.4, 0.5) is 5.69 Å². The van der Waals surface area contributed by atoms with Crippen LogP contribution in [0.1, 0.15) is 18.1 Å². The number of nitro benzene ring substituents is 1. The van der Waals surface area contributed by atoms with Gasteiger partial charge in [0.25, 0.3) is 5.69 Å². The molecule has 0 saturated carbocycles. The van der Waals surface area contributed by atoms with Gasteiger partial charge in [0, 0.05) is 16.7 Å². The monoisotopic (exact) mass is 257 g/mol. The van der Waals surface area contributed by atoms with Gasteiger partial charge in [0.15, 0.2) is 0 Å². The summed E-state index contributed by atoms with van der Waals surface area (Å²) in [6, 6.07) is 2.79. The number of halogens is 1. The molecular formula is C11H12ClNO4. The van der Waals surface area contributed by atoms with E-state index in [-0.39, 0.29) is 24.3 Å². The van der Waals surface area contributed by atoms with E-state index < -0.39 is 10.9 Å². The lowest BCUT2D eigenvalue weighted by Gasteiger charge is -2.05. The van der Waals surface area contributed by atoms with Crippen molar-refractivity contribution in [1.29, 1.82) is 0 Å². The molecule has 6 heteroatoms. The van der Waals surface area contributed by atoms with Crippen molar-refractivity contribution in [1.82, 2.24) is 0 Å². The Morgan fingerprint density at radius 3 is 2.71 bits per heavy atom. The zero-order valence-electron chi connectivity index (χ0n) is 9.53. The van der Waals surface area contributed by atoms with Crippen molar-refractivity contribution in [3.8, 4) is 0 Å². The Bertz CT molecular complexity index is 459. The number of ether oxygens (including phenoxy) is 1. The number of rotatable bonds is 4. The zero-order valence-corrected chi connectivity index (χ0v) is 10.3. The van der Waals surface area contributed by atoms with E-state index in [9.17, 15) is 14.9 Å². The second kappa shape index (κ2) is 5.63. The number of benzene rings is 1. The summed E-state index contributed by atoms with van der Waals surface area (Å²) in [5, 5.41) is 11.2. The molecular weight excluding hydrogens is 246 g/mol. The quantitative estimate of drug-likeness (QED) is 0.472. The van der Waals surface area contributed by atoms with Gasteiger partial charge in [-0.25, -0.2) is 0 Å². The molecule has 0 saturated heterocycles. The predicted molar refractivity (Wildman–Crippen MR) is 63.2 cm³/mol. The maximum Gasteiger partial charge on any atom is 0.310 e. The third-order valence-electron chi connectivity index (χ3n) is 2.20. The molecule has 1 aromatic carbocycles. The van der Waals surface area contributed by atoms with Crippen LogP contribution in [0, 0.1) is 17.0 Å². The number of aryl methyl sites for hydroxylation is 1. The summed E-state index contributed by atoms with van der Waals surface area (Å²) >= 11 is 5.88. The van der Waals surface area contributed by atoms with Crippen LogP contribution in [0.15, 0.2) is 12.1 Å². The van der Waals surface area contributed by atoms with E-state index in [4.69, 9.17) is 16.3 Å². The molecule has 0 spiro atoms. The van der Waals surface area contributed by atoms with E-state index in [0.717, 1.165) is 0 Å². The Labute approximate surface area is 103 Å². The number of nitrogens with zero attached hydrogens (tertiary/aromatic N) is 1. The molecule has 0 amide bonds. The highest BCUT2D eigenvalue weighted by molar-refractivity contribution is 6.31. The average Bonchev–Trinajstić information content (AvgIpc) is 2.23. The Kier molecular flexibility index (Phi) is 4.45. The van der Waals surface area contributed by atoms with Crippen LogP contribution in [-0.4, -0.2) is 17.5 Å². The Balaban J connectivity index is 3.08. The second-order valence-electron chi connectivity index (χ2n) is 3.47. The van der Waals surface area contributed by atoms with Gasteiger partial charge in [-0.05, 0) is 25.5 Å². The number of esters is 1. The summed E-state index contributed by atoms with van der Waals surface area (Å²) in [5.41, 5.74) is 0.759. The van der Waals surface area contributed by atoms with E-state index in [1.165, 1.54) is 12.1 Å². The first-order valence-electron chi connectivity index (χ1n) is 5.04. The first kappa shape index (κ1) is 13.4. The summed E-state index contributed by atoms with van der Waals surface area (Å²) in [5.74, 6) is -0.504. The van der Waals surface area contributed by atoms with Gasteiger partial charge in [0.05, 0.1) is 18.0 Å². The van der Waals surface area contributed by atoms with Gasteiger partial charge in [0.2, 0.25) is 0 Å². The minimum absolute atomic E-state index is 0.111. The highest BCUT2D eigenvalue weighted by Gasteiger charge is 2.18. The molecule has 0 aliphatic carbocycles. The standard InChI is InChI=1S/C11H12ClNO4/c1-3-17-11(14)6-8-5-9(12)7(2)4-10(8)13(15)16/h4-5H,3,6H2,1-2H3. The number of hydrogen-bond acceptors (Lipinski definition) is 4. The summed E-state index contributed by atoms with van der Waals surface area (Å²) in [4.78, 5) is 21.6. The fourth-order valence-electron chi connectivity index (χ4n) is 1.39. The van der Waals surface area contributed by atoms with Crippen LogP contribution in [0.5, 0.6) is 0 Å². The van der Waals surface area contributed by atoms with Crippen LogP contribution < -0.4 is 0 Å². The molecule has 1 aromatic rings. The van der Waals surface area contributed by atoms with Crippen LogP contribution in [0.2, 0.25) is 5.02 Å². The van der Waals surface area contributed by atoms with E-state index in [2.05, 4.69) is 0 Å². The second-order valence-corrected chi connectivity index (χ2v) is 3.88. The largest absolute Gasteiger partial charge is 0.466 e. The SMILES string of the molecule is CCOC(=O)Cc1cc(Cl)c(C)cc1[N+](=O)[O-]. The van der Waals surface area contributed by atoms with Crippen molar-refractivity contribution in [2.75, 3.05) is 6.61 Å². The fourth-order valence-corrected chi connectivity index (χ4v) is 1.57. The van der Waals surface area contributed by atoms with Crippen molar-refractivity contribution in [2.24, 2.45) is 0 Å². The Morgan fingerprint density at radius 1 is 1.53 bits per heavy atom. The number of carbonyl (C=O) groups is 1. The van der Waals surface area contributed by atoms with E-state index in [1.807, 2.05) is 0 Å². The minimum Gasteiger partial charge on any atom is -0.466 e. The van der Waals surface area contributed by atoms with Gasteiger partial charge in [0.1, 0.15) is 0 Å². The normalized spacial score (nSPS) is 10.1. The topological polar surface area (TPSA) is 69.4 Å². The molecule has 0 aliphatic heterocycles. The smallest absolute Gasteiger partial charge is 0.310 e. The van der Waals surface area contributed by atoms with Crippen LogP contribution in [0.25, 0.3) is 0 Å². The molecule has 0 heterocycles. The van der Waals surface area contributed by atoms with Gasteiger partial charge >= 0.3 is 5.97 Å². The van der Waals surface area contributed by atoms with Crippen molar-refractivity contribution in [2.45, 2.75) is 20.3 Å². The van der Waals surface area contributed by atoms with Crippen LogP contribution in [-0.2, 0) is 16.0 Å². The Hall–Kier alpha value is -1.62. The molecule has 92 valence electrons. The van der Waals surface area contributed by atoms with Crippen LogP contribution in [0.3, 0.4) is 0 Å². The van der Waals surface area contributed by atoms with E-state index in [0.29, 0.717) is 10.6 Å². The summed E-state index contributed by atoms with van der Waals surface area (Å²) in [7, 11) is 0.